The van der Waals surface area contributed by atoms with E-state index in [1.807, 2.05) is 54.6 Å². The third kappa shape index (κ3) is 4.57. The van der Waals surface area contributed by atoms with Gasteiger partial charge in [-0.3, -0.25) is 9.59 Å². The lowest BCUT2D eigenvalue weighted by Crippen LogP contribution is -2.48. The van der Waals surface area contributed by atoms with Crippen LogP contribution in [0.3, 0.4) is 0 Å². The molecule has 0 saturated heterocycles. The minimum Gasteiger partial charge on any atom is -0.457 e. The summed E-state index contributed by atoms with van der Waals surface area (Å²) < 4.78 is 5.76. The number of amides is 2. The van der Waals surface area contributed by atoms with Crippen LogP contribution in [0.1, 0.15) is 28.8 Å². The summed E-state index contributed by atoms with van der Waals surface area (Å²) in [4.78, 5) is 32.5. The SMILES string of the molecule is O=C(NC1(C(=O)NCc2ccc(Oc3ccccc3)cc2)CC1)c1cncnc1. The lowest BCUT2D eigenvalue weighted by molar-refractivity contribution is -0.124. The molecule has 0 atom stereocenters. The van der Waals surface area contributed by atoms with Gasteiger partial charge in [0.05, 0.1) is 5.56 Å². The molecule has 146 valence electrons. The summed E-state index contributed by atoms with van der Waals surface area (Å²) in [5, 5.41) is 5.71. The zero-order valence-corrected chi connectivity index (χ0v) is 15.7. The van der Waals surface area contributed by atoms with Crippen LogP contribution in [0.15, 0.2) is 73.3 Å². The molecule has 0 radical (unpaired) electrons. The number of nitrogens with zero attached hydrogens (tertiary/aromatic N) is 2. The number of carbonyl (C=O) groups is 2. The Bertz CT molecular complexity index is 988. The van der Waals surface area contributed by atoms with E-state index >= 15 is 0 Å². The molecule has 3 aromatic rings. The highest BCUT2D eigenvalue weighted by molar-refractivity contribution is 6.00. The monoisotopic (exact) mass is 388 g/mol. The number of hydrogen-bond donors (Lipinski definition) is 2. The minimum atomic E-state index is -0.844. The molecule has 0 spiro atoms. The number of ether oxygens (including phenoxy) is 1. The zero-order chi connectivity index (χ0) is 20.1. The van der Waals surface area contributed by atoms with Crippen molar-refractivity contribution in [3.8, 4) is 11.5 Å². The summed E-state index contributed by atoms with van der Waals surface area (Å²) in [6.07, 6.45) is 5.43. The zero-order valence-electron chi connectivity index (χ0n) is 15.7. The summed E-state index contributed by atoms with van der Waals surface area (Å²) in [7, 11) is 0. The summed E-state index contributed by atoms with van der Waals surface area (Å²) in [5.74, 6) is 0.957. The first-order valence-corrected chi connectivity index (χ1v) is 9.32. The standard InChI is InChI=1S/C22H20N4O3/c27-20(17-13-23-15-24-14-17)26-22(10-11-22)21(28)25-12-16-6-8-19(9-7-16)29-18-4-2-1-3-5-18/h1-9,13-15H,10-12H2,(H,25,28)(H,26,27). The second-order valence-corrected chi connectivity index (χ2v) is 6.91. The maximum absolute atomic E-state index is 12.6. The summed E-state index contributed by atoms with van der Waals surface area (Å²) in [6.45, 7) is 0.372. The number of hydrogen-bond acceptors (Lipinski definition) is 5. The Labute approximate surface area is 168 Å². The van der Waals surface area contributed by atoms with Gasteiger partial charge in [-0.2, -0.15) is 0 Å². The molecule has 1 aliphatic carbocycles. The van der Waals surface area contributed by atoms with Gasteiger partial charge < -0.3 is 15.4 Å². The van der Waals surface area contributed by atoms with E-state index < -0.39 is 5.54 Å². The van der Waals surface area contributed by atoms with Crippen molar-refractivity contribution in [2.45, 2.75) is 24.9 Å². The molecular formula is C22H20N4O3. The van der Waals surface area contributed by atoms with Crippen LogP contribution in [0, 0.1) is 0 Å². The predicted octanol–water partition coefficient (Wildman–Crippen LogP) is 2.85. The van der Waals surface area contributed by atoms with Crippen molar-refractivity contribution in [2.75, 3.05) is 0 Å². The quantitative estimate of drug-likeness (QED) is 0.649. The van der Waals surface area contributed by atoms with Gasteiger partial charge in [-0.15, -0.1) is 0 Å². The maximum Gasteiger partial charge on any atom is 0.255 e. The topological polar surface area (TPSA) is 93.2 Å². The molecule has 1 fully saturated rings. The largest absolute Gasteiger partial charge is 0.457 e. The Morgan fingerprint density at radius 1 is 0.931 bits per heavy atom. The van der Waals surface area contributed by atoms with E-state index in [-0.39, 0.29) is 11.8 Å². The number of aromatic nitrogens is 2. The smallest absolute Gasteiger partial charge is 0.255 e. The molecular weight excluding hydrogens is 368 g/mol. The minimum absolute atomic E-state index is 0.188. The van der Waals surface area contributed by atoms with E-state index in [0.717, 1.165) is 17.1 Å². The first-order valence-electron chi connectivity index (χ1n) is 9.32. The van der Waals surface area contributed by atoms with Crippen LogP contribution in [0.2, 0.25) is 0 Å². The second kappa shape index (κ2) is 8.10. The fourth-order valence-electron chi connectivity index (χ4n) is 2.89. The number of nitrogens with one attached hydrogen (secondary N) is 2. The van der Waals surface area contributed by atoms with Crippen LogP contribution in [-0.2, 0) is 11.3 Å². The number of carbonyl (C=O) groups excluding carboxylic acids is 2. The van der Waals surface area contributed by atoms with Gasteiger partial charge in [-0.1, -0.05) is 30.3 Å². The molecule has 1 saturated carbocycles. The molecule has 29 heavy (non-hydrogen) atoms. The molecule has 2 aromatic carbocycles. The van der Waals surface area contributed by atoms with E-state index in [4.69, 9.17) is 4.74 Å². The van der Waals surface area contributed by atoms with Gasteiger partial charge in [0, 0.05) is 18.9 Å². The Hall–Kier alpha value is -3.74. The van der Waals surface area contributed by atoms with Crippen molar-refractivity contribution in [1.82, 2.24) is 20.6 Å². The van der Waals surface area contributed by atoms with Crippen LogP contribution >= 0.6 is 0 Å². The average molecular weight is 388 g/mol. The highest BCUT2D eigenvalue weighted by Gasteiger charge is 2.51. The molecule has 0 bridgehead atoms. The molecule has 2 amide bonds. The van der Waals surface area contributed by atoms with Gasteiger partial charge in [0.15, 0.2) is 0 Å². The third-order valence-electron chi connectivity index (χ3n) is 4.72. The third-order valence-corrected chi connectivity index (χ3v) is 4.72. The average Bonchev–Trinajstić information content (AvgIpc) is 3.55. The predicted molar refractivity (Wildman–Crippen MR) is 106 cm³/mol. The molecule has 0 unspecified atom stereocenters. The van der Waals surface area contributed by atoms with Crippen molar-refractivity contribution in [1.29, 1.82) is 0 Å². The van der Waals surface area contributed by atoms with Gasteiger partial charge in [0.1, 0.15) is 23.4 Å². The Balaban J connectivity index is 1.30. The fourth-order valence-corrected chi connectivity index (χ4v) is 2.89. The van der Waals surface area contributed by atoms with E-state index in [1.54, 1.807) is 0 Å². The van der Waals surface area contributed by atoms with Gasteiger partial charge in [-0.25, -0.2) is 9.97 Å². The molecule has 7 heteroatoms. The number of para-hydroxylation sites is 1. The first-order chi connectivity index (χ1) is 14.1. The van der Waals surface area contributed by atoms with Crippen molar-refractivity contribution >= 4 is 11.8 Å². The molecule has 0 aliphatic heterocycles. The van der Waals surface area contributed by atoms with E-state index in [9.17, 15) is 9.59 Å². The van der Waals surface area contributed by atoms with Crippen molar-refractivity contribution in [3.63, 3.8) is 0 Å². The fraction of sp³-hybridized carbons (Fsp3) is 0.182. The van der Waals surface area contributed by atoms with E-state index in [0.29, 0.717) is 24.9 Å². The summed E-state index contributed by atoms with van der Waals surface area (Å²) in [5.41, 5.74) is 0.432. The van der Waals surface area contributed by atoms with Crippen molar-refractivity contribution in [2.24, 2.45) is 0 Å². The highest BCUT2D eigenvalue weighted by atomic mass is 16.5. The Kier molecular flexibility index (Phi) is 5.20. The summed E-state index contributed by atoms with van der Waals surface area (Å²) >= 11 is 0. The van der Waals surface area contributed by atoms with Crippen molar-refractivity contribution < 1.29 is 14.3 Å². The maximum atomic E-state index is 12.6. The molecule has 1 heterocycles. The normalized spacial score (nSPS) is 13.9. The van der Waals surface area contributed by atoms with Gasteiger partial charge in [-0.05, 0) is 42.7 Å². The Morgan fingerprint density at radius 3 is 2.24 bits per heavy atom. The van der Waals surface area contributed by atoms with Gasteiger partial charge in [0.2, 0.25) is 5.91 Å². The van der Waals surface area contributed by atoms with E-state index in [1.165, 1.54) is 18.7 Å². The highest BCUT2D eigenvalue weighted by Crippen LogP contribution is 2.36. The lowest BCUT2D eigenvalue weighted by Gasteiger charge is -2.17. The van der Waals surface area contributed by atoms with Crippen molar-refractivity contribution in [3.05, 3.63) is 84.4 Å². The van der Waals surface area contributed by atoms with E-state index in [2.05, 4.69) is 20.6 Å². The molecule has 4 rings (SSSR count). The second-order valence-electron chi connectivity index (χ2n) is 6.91. The number of benzene rings is 2. The molecule has 7 nitrogen and oxygen atoms in total. The molecule has 2 N–H and O–H groups in total. The molecule has 1 aliphatic rings. The van der Waals surface area contributed by atoms with Crippen LogP contribution in [0.25, 0.3) is 0 Å². The van der Waals surface area contributed by atoms with Crippen LogP contribution < -0.4 is 15.4 Å². The van der Waals surface area contributed by atoms with Crippen LogP contribution in [0.4, 0.5) is 0 Å². The van der Waals surface area contributed by atoms with Gasteiger partial charge in [0.25, 0.3) is 5.91 Å². The van der Waals surface area contributed by atoms with Crippen LogP contribution in [-0.4, -0.2) is 27.3 Å². The van der Waals surface area contributed by atoms with Gasteiger partial charge >= 0.3 is 0 Å². The summed E-state index contributed by atoms with van der Waals surface area (Å²) in [6, 6.07) is 17.1. The number of rotatable bonds is 7. The molecule has 1 aromatic heterocycles. The lowest BCUT2D eigenvalue weighted by atomic mass is 10.2. The first kappa shape index (κ1) is 18.6. The Morgan fingerprint density at radius 2 is 1.59 bits per heavy atom. The van der Waals surface area contributed by atoms with Crippen LogP contribution in [0.5, 0.6) is 11.5 Å².